The summed E-state index contributed by atoms with van der Waals surface area (Å²) in [5.74, 6) is -5.14. The third-order valence-electron chi connectivity index (χ3n) is 5.95. The summed E-state index contributed by atoms with van der Waals surface area (Å²) in [6.07, 6.45) is 2.05. The van der Waals surface area contributed by atoms with Gasteiger partial charge in [0.25, 0.3) is 0 Å². The van der Waals surface area contributed by atoms with Crippen LogP contribution in [-0.2, 0) is 16.1 Å². The first-order valence-corrected chi connectivity index (χ1v) is 13.1. The normalized spacial score (nSPS) is 11.2. The highest BCUT2D eigenvalue weighted by molar-refractivity contribution is 6.38. The maximum atomic E-state index is 15.9. The van der Waals surface area contributed by atoms with Gasteiger partial charge in [0.15, 0.2) is 23.1 Å². The van der Waals surface area contributed by atoms with Crippen molar-refractivity contribution in [1.29, 1.82) is 0 Å². The Morgan fingerprint density at radius 3 is 2.43 bits per heavy atom. The Labute approximate surface area is 243 Å². The third kappa shape index (κ3) is 6.02. The van der Waals surface area contributed by atoms with E-state index in [2.05, 4.69) is 10.3 Å². The maximum Gasteiger partial charge on any atom is 0.343 e. The summed E-state index contributed by atoms with van der Waals surface area (Å²) in [5.41, 5.74) is -3.69. The summed E-state index contributed by atoms with van der Waals surface area (Å²) in [4.78, 5) is 40.4. The lowest BCUT2D eigenvalue weighted by molar-refractivity contribution is 0.0524. The fourth-order valence-electron chi connectivity index (χ4n) is 4.22. The van der Waals surface area contributed by atoms with Crippen LogP contribution >= 0.6 is 11.6 Å². The zero-order valence-corrected chi connectivity index (χ0v) is 23.7. The number of benzene rings is 3. The van der Waals surface area contributed by atoms with Crippen molar-refractivity contribution in [2.24, 2.45) is 4.99 Å². The Morgan fingerprint density at radius 1 is 1.12 bits per heavy atom. The molecule has 1 aromatic heterocycles. The number of isocyanates is 1. The number of nitrogens with zero attached hydrogens (tertiary/aromatic N) is 2. The number of carbonyl (C=O) groups is 1. The molecule has 0 radical (unpaired) electrons. The molecule has 3 aromatic carbocycles. The van der Waals surface area contributed by atoms with Crippen molar-refractivity contribution in [3.63, 3.8) is 0 Å². The van der Waals surface area contributed by atoms with Gasteiger partial charge in [-0.2, -0.15) is 4.99 Å². The molecule has 4 aromatic rings. The average molecular weight is 600 g/mol. The van der Waals surface area contributed by atoms with Crippen LogP contribution in [0, 0.1) is 17.5 Å². The van der Waals surface area contributed by atoms with E-state index >= 15 is 13.2 Å². The molecule has 0 atom stereocenters. The van der Waals surface area contributed by atoms with Gasteiger partial charge < -0.3 is 19.4 Å². The van der Waals surface area contributed by atoms with Gasteiger partial charge in [-0.1, -0.05) is 41.9 Å². The number of hydrogen-bond donors (Lipinski definition) is 1. The van der Waals surface area contributed by atoms with Gasteiger partial charge in [0.2, 0.25) is 11.5 Å². The van der Waals surface area contributed by atoms with Crippen LogP contribution in [0.1, 0.15) is 43.6 Å². The van der Waals surface area contributed by atoms with E-state index in [0.717, 1.165) is 34.5 Å². The first-order valence-electron chi connectivity index (χ1n) is 12.7. The molecule has 0 aliphatic heterocycles. The number of pyridine rings is 1. The molecular weight excluding hydrogens is 575 g/mol. The lowest BCUT2D eigenvalue weighted by atomic mass is 10.1. The first kappa shape index (κ1) is 30.4. The lowest BCUT2D eigenvalue weighted by Gasteiger charge is -2.24. The molecule has 0 amide bonds. The van der Waals surface area contributed by atoms with Crippen LogP contribution in [0.5, 0.6) is 5.75 Å². The lowest BCUT2D eigenvalue weighted by Crippen LogP contribution is -2.24. The summed E-state index contributed by atoms with van der Waals surface area (Å²) in [5, 5.41) is 2.15. The summed E-state index contributed by atoms with van der Waals surface area (Å²) < 4.78 is 58.1. The molecule has 0 bridgehead atoms. The first-order chi connectivity index (χ1) is 19.9. The fraction of sp³-hybridized carbons (Fsp3) is 0.233. The molecular formula is C30H25ClF3N3O5. The van der Waals surface area contributed by atoms with Crippen molar-refractivity contribution >= 4 is 45.9 Å². The number of aliphatic imine (C=N–C) groups is 1. The average Bonchev–Trinajstić information content (AvgIpc) is 2.93. The van der Waals surface area contributed by atoms with Crippen LogP contribution in [0.15, 0.2) is 58.4 Å². The molecule has 4 rings (SSSR count). The molecule has 1 N–H and O–H groups in total. The van der Waals surface area contributed by atoms with E-state index in [1.807, 2.05) is 6.07 Å². The zero-order chi connectivity index (χ0) is 30.8. The minimum absolute atomic E-state index is 0.0968. The van der Waals surface area contributed by atoms with Gasteiger partial charge in [-0.25, -0.2) is 22.8 Å². The van der Waals surface area contributed by atoms with Gasteiger partial charge in [-0.15, -0.1) is 0 Å². The summed E-state index contributed by atoms with van der Waals surface area (Å²) in [6.45, 7) is 6.38. The summed E-state index contributed by atoms with van der Waals surface area (Å²) in [6, 6.07) is 10.8. The predicted octanol–water partition coefficient (Wildman–Crippen LogP) is 6.99. The molecule has 0 fully saturated rings. The number of halogens is 4. The van der Waals surface area contributed by atoms with Gasteiger partial charge in [0.1, 0.15) is 17.0 Å². The molecule has 0 aliphatic rings. The van der Waals surface area contributed by atoms with Crippen LogP contribution in [0.4, 0.5) is 24.5 Å². The number of nitrogens with one attached hydrogen (secondary N) is 1. The largest absolute Gasteiger partial charge is 0.485 e. The smallest absolute Gasteiger partial charge is 0.343 e. The van der Waals surface area contributed by atoms with E-state index in [1.165, 1.54) is 6.92 Å². The van der Waals surface area contributed by atoms with Crippen molar-refractivity contribution < 1.29 is 32.2 Å². The van der Waals surface area contributed by atoms with Crippen LogP contribution < -0.4 is 15.5 Å². The molecule has 42 heavy (non-hydrogen) atoms. The Balaban J connectivity index is 2.10. The minimum atomic E-state index is -1.36. The predicted molar refractivity (Wildman–Crippen MR) is 152 cm³/mol. The van der Waals surface area contributed by atoms with Crippen LogP contribution in [0.3, 0.4) is 0 Å². The number of fused-ring (bicyclic) bond motifs is 1. The van der Waals surface area contributed by atoms with Crippen molar-refractivity contribution in [3.05, 3.63) is 92.5 Å². The number of carbonyl (C=O) groups excluding carboxylic acids is 2. The second-order valence-electron chi connectivity index (χ2n) is 10.0. The molecule has 12 heteroatoms. The molecule has 0 saturated heterocycles. The molecule has 1 heterocycles. The minimum Gasteiger partial charge on any atom is -0.485 e. The van der Waals surface area contributed by atoms with Crippen molar-refractivity contribution in [2.75, 3.05) is 11.9 Å². The monoisotopic (exact) mass is 599 g/mol. The summed E-state index contributed by atoms with van der Waals surface area (Å²) >= 11 is 6.67. The van der Waals surface area contributed by atoms with Gasteiger partial charge in [-0.3, -0.25) is 4.79 Å². The number of esters is 1. The van der Waals surface area contributed by atoms with E-state index in [9.17, 15) is 14.4 Å². The van der Waals surface area contributed by atoms with Gasteiger partial charge in [0.05, 0.1) is 33.9 Å². The van der Waals surface area contributed by atoms with Crippen LogP contribution in [0.2, 0.25) is 5.02 Å². The highest BCUT2D eigenvalue weighted by atomic mass is 35.5. The SMILES string of the molecule is CCOC(=O)c1cn(-c2cc(OC(C)(C)C)c(F)c(N=C=O)c2F)c2c(Cl)c(NCc3ccccc3)c(F)cc2c1=O. The fourth-order valence-corrected chi connectivity index (χ4v) is 4.57. The van der Waals surface area contributed by atoms with Gasteiger partial charge in [-0.05, 0) is 39.3 Å². The number of aromatic nitrogens is 1. The number of hydrogen-bond acceptors (Lipinski definition) is 7. The molecule has 0 aliphatic carbocycles. The Bertz CT molecular complexity index is 1800. The standard InChI is InChI=1S/C30H25ClF3N3O5/c1-5-41-29(40)18-14-37(20-12-21(42-30(2,3)4)24(34)26(23(20)33)36-15-38)27-17(28(18)39)11-19(32)25(22(27)31)35-13-16-9-7-6-8-10-16/h6-12,14,35H,5,13H2,1-4H3. The van der Waals surface area contributed by atoms with E-state index < -0.39 is 62.5 Å². The molecule has 218 valence electrons. The topological polar surface area (TPSA) is 99.0 Å². The Kier molecular flexibility index (Phi) is 8.75. The van der Waals surface area contributed by atoms with E-state index in [1.54, 1.807) is 45.0 Å². The number of rotatable bonds is 8. The second kappa shape index (κ2) is 12.1. The van der Waals surface area contributed by atoms with Crippen molar-refractivity contribution in [3.8, 4) is 11.4 Å². The number of ether oxygens (including phenoxy) is 2. The highest BCUT2D eigenvalue weighted by Crippen LogP contribution is 2.40. The maximum absolute atomic E-state index is 15.9. The quantitative estimate of drug-likeness (QED) is 0.133. The van der Waals surface area contributed by atoms with Crippen LogP contribution in [0.25, 0.3) is 16.6 Å². The Morgan fingerprint density at radius 2 is 1.81 bits per heavy atom. The second-order valence-corrected chi connectivity index (χ2v) is 10.4. The van der Waals surface area contributed by atoms with Crippen molar-refractivity contribution in [2.45, 2.75) is 39.8 Å². The molecule has 0 unspecified atom stereocenters. The Hall–Kier alpha value is -4.60. The highest BCUT2D eigenvalue weighted by Gasteiger charge is 2.28. The number of anilines is 1. The summed E-state index contributed by atoms with van der Waals surface area (Å²) in [7, 11) is 0. The van der Waals surface area contributed by atoms with Gasteiger partial charge >= 0.3 is 5.97 Å². The zero-order valence-electron chi connectivity index (χ0n) is 23.0. The van der Waals surface area contributed by atoms with Crippen LogP contribution in [-0.4, -0.2) is 28.8 Å². The molecule has 0 spiro atoms. The van der Waals surface area contributed by atoms with Crippen molar-refractivity contribution in [1.82, 2.24) is 4.57 Å². The molecule has 0 saturated carbocycles. The van der Waals surface area contributed by atoms with E-state index in [-0.39, 0.29) is 29.4 Å². The van der Waals surface area contributed by atoms with E-state index in [0.29, 0.717) is 0 Å². The van der Waals surface area contributed by atoms with Gasteiger partial charge in [0, 0.05) is 18.8 Å². The van der Waals surface area contributed by atoms with E-state index in [4.69, 9.17) is 21.1 Å². The molecule has 8 nitrogen and oxygen atoms in total. The third-order valence-corrected chi connectivity index (χ3v) is 6.31.